The van der Waals surface area contributed by atoms with Crippen LogP contribution in [0.1, 0.15) is 15.9 Å². The molecule has 1 aliphatic heterocycles. The predicted octanol–water partition coefficient (Wildman–Crippen LogP) is 3.79. The summed E-state index contributed by atoms with van der Waals surface area (Å²) < 4.78 is 4.71. The molecule has 1 fully saturated rings. The van der Waals surface area contributed by atoms with E-state index in [-0.39, 0.29) is 12.0 Å². The fraction of sp³-hybridized carbons (Fsp3) is 0.300. The Morgan fingerprint density at radius 1 is 1.04 bits per heavy atom. The number of carbonyl (C=O) groups is 2. The van der Waals surface area contributed by atoms with Crippen molar-refractivity contribution in [3.8, 4) is 0 Å². The van der Waals surface area contributed by atoms with Crippen LogP contribution in [0.15, 0.2) is 42.5 Å². The summed E-state index contributed by atoms with van der Waals surface area (Å²) in [6.07, 6.45) is 0. The van der Waals surface area contributed by atoms with Crippen LogP contribution in [0.25, 0.3) is 0 Å². The van der Waals surface area contributed by atoms with Gasteiger partial charge in [-0.15, -0.1) is 0 Å². The predicted molar refractivity (Wildman–Crippen MR) is 107 cm³/mol. The normalized spacial score (nSPS) is 14.0. The van der Waals surface area contributed by atoms with Gasteiger partial charge < -0.3 is 19.9 Å². The molecule has 1 saturated heterocycles. The van der Waals surface area contributed by atoms with Crippen LogP contribution >= 0.6 is 11.6 Å². The van der Waals surface area contributed by atoms with Gasteiger partial charge in [-0.25, -0.2) is 9.59 Å². The molecule has 7 heteroatoms. The fourth-order valence-electron chi connectivity index (χ4n) is 3.03. The molecule has 2 amide bonds. The molecule has 6 nitrogen and oxygen atoms in total. The molecule has 0 saturated carbocycles. The van der Waals surface area contributed by atoms with Crippen LogP contribution in [0, 0.1) is 6.92 Å². The largest absolute Gasteiger partial charge is 0.465 e. The minimum atomic E-state index is -0.348. The minimum absolute atomic E-state index is 0.124. The van der Waals surface area contributed by atoms with E-state index in [0.717, 1.165) is 30.0 Å². The molecule has 0 unspecified atom stereocenters. The number of amides is 2. The van der Waals surface area contributed by atoms with Crippen molar-refractivity contribution < 1.29 is 14.3 Å². The number of anilines is 2. The monoisotopic (exact) mass is 387 g/mol. The number of hydrogen-bond donors (Lipinski definition) is 1. The van der Waals surface area contributed by atoms with E-state index in [0.29, 0.717) is 23.7 Å². The summed E-state index contributed by atoms with van der Waals surface area (Å²) in [6, 6.07) is 12.6. The van der Waals surface area contributed by atoms with Gasteiger partial charge in [0.1, 0.15) is 0 Å². The average Bonchev–Trinajstić information content (AvgIpc) is 2.71. The van der Waals surface area contributed by atoms with E-state index in [1.165, 1.54) is 7.11 Å². The van der Waals surface area contributed by atoms with Gasteiger partial charge in [-0.2, -0.15) is 0 Å². The topological polar surface area (TPSA) is 61.9 Å². The number of methoxy groups -OCH3 is 1. The smallest absolute Gasteiger partial charge is 0.337 e. The molecule has 0 bridgehead atoms. The molecule has 27 heavy (non-hydrogen) atoms. The lowest BCUT2D eigenvalue weighted by atomic mass is 10.2. The summed E-state index contributed by atoms with van der Waals surface area (Å²) in [6.45, 7) is 4.56. The summed E-state index contributed by atoms with van der Waals surface area (Å²) in [5, 5.41) is 3.57. The van der Waals surface area contributed by atoms with Gasteiger partial charge >= 0.3 is 12.0 Å². The highest BCUT2D eigenvalue weighted by molar-refractivity contribution is 6.31. The van der Waals surface area contributed by atoms with Crippen molar-refractivity contribution >= 4 is 35.0 Å². The average molecular weight is 388 g/mol. The summed E-state index contributed by atoms with van der Waals surface area (Å²) in [5.74, 6) is -0.348. The zero-order chi connectivity index (χ0) is 19.4. The molecular weight excluding hydrogens is 366 g/mol. The van der Waals surface area contributed by atoms with Gasteiger partial charge in [0.2, 0.25) is 0 Å². The van der Waals surface area contributed by atoms with Gasteiger partial charge in [-0.3, -0.25) is 0 Å². The maximum atomic E-state index is 12.5. The third-order valence-electron chi connectivity index (χ3n) is 4.73. The van der Waals surface area contributed by atoms with E-state index in [1.54, 1.807) is 23.1 Å². The lowest BCUT2D eigenvalue weighted by Crippen LogP contribution is -2.50. The number of carbonyl (C=O) groups excluding carboxylic acids is 2. The summed E-state index contributed by atoms with van der Waals surface area (Å²) >= 11 is 6.11. The molecule has 0 aliphatic carbocycles. The zero-order valence-electron chi connectivity index (χ0n) is 15.4. The van der Waals surface area contributed by atoms with Gasteiger partial charge in [-0.05, 0) is 48.9 Å². The molecule has 1 heterocycles. The number of nitrogens with one attached hydrogen (secondary N) is 1. The maximum absolute atomic E-state index is 12.5. The molecule has 0 atom stereocenters. The lowest BCUT2D eigenvalue weighted by molar-refractivity contribution is 0.0600. The molecule has 0 aromatic heterocycles. The number of urea groups is 1. The second kappa shape index (κ2) is 8.31. The molecule has 1 N–H and O–H groups in total. The van der Waals surface area contributed by atoms with Crippen LogP contribution in [-0.4, -0.2) is 50.2 Å². The van der Waals surface area contributed by atoms with Crippen LogP contribution in [0.2, 0.25) is 5.02 Å². The van der Waals surface area contributed by atoms with Gasteiger partial charge in [0.15, 0.2) is 0 Å². The Labute approximate surface area is 163 Å². The van der Waals surface area contributed by atoms with Gasteiger partial charge in [0.05, 0.1) is 12.7 Å². The SMILES string of the molecule is COC(=O)c1ccc(N2CCN(C(=O)Nc3cccc(Cl)c3C)CC2)cc1. The first-order chi connectivity index (χ1) is 13.0. The van der Waals surface area contributed by atoms with Crippen LogP contribution in [-0.2, 0) is 4.74 Å². The van der Waals surface area contributed by atoms with E-state index in [1.807, 2.05) is 31.2 Å². The molecule has 1 aliphatic rings. The molecule has 3 rings (SSSR count). The van der Waals surface area contributed by atoms with Crippen molar-refractivity contribution in [1.82, 2.24) is 4.90 Å². The number of halogens is 1. The summed E-state index contributed by atoms with van der Waals surface area (Å²) in [7, 11) is 1.37. The Morgan fingerprint density at radius 2 is 1.70 bits per heavy atom. The number of rotatable bonds is 3. The van der Waals surface area contributed by atoms with E-state index >= 15 is 0 Å². The highest BCUT2D eigenvalue weighted by Gasteiger charge is 2.22. The third-order valence-corrected chi connectivity index (χ3v) is 5.14. The highest BCUT2D eigenvalue weighted by Crippen LogP contribution is 2.24. The van der Waals surface area contributed by atoms with Crippen LogP contribution < -0.4 is 10.2 Å². The van der Waals surface area contributed by atoms with Crippen molar-refractivity contribution in [1.29, 1.82) is 0 Å². The Balaban J connectivity index is 1.57. The van der Waals surface area contributed by atoms with Crippen molar-refractivity contribution in [2.24, 2.45) is 0 Å². The lowest BCUT2D eigenvalue weighted by Gasteiger charge is -2.36. The Bertz CT molecular complexity index is 831. The fourth-order valence-corrected chi connectivity index (χ4v) is 3.21. The van der Waals surface area contributed by atoms with E-state index in [4.69, 9.17) is 16.3 Å². The quantitative estimate of drug-likeness (QED) is 0.814. The Kier molecular flexibility index (Phi) is 5.86. The first-order valence-corrected chi connectivity index (χ1v) is 9.12. The first-order valence-electron chi connectivity index (χ1n) is 8.74. The second-order valence-corrected chi connectivity index (χ2v) is 6.76. The number of benzene rings is 2. The number of ether oxygens (including phenoxy) is 1. The first kappa shape index (κ1) is 19.0. The highest BCUT2D eigenvalue weighted by atomic mass is 35.5. The van der Waals surface area contributed by atoms with E-state index < -0.39 is 0 Å². The van der Waals surface area contributed by atoms with Crippen molar-refractivity contribution in [2.45, 2.75) is 6.92 Å². The number of piperazine rings is 1. The second-order valence-electron chi connectivity index (χ2n) is 6.36. The standard InChI is InChI=1S/C20H22ClN3O3/c1-14-17(21)4-3-5-18(14)22-20(26)24-12-10-23(11-13-24)16-8-6-15(7-9-16)19(25)27-2/h3-9H,10-13H2,1-2H3,(H,22,26). The molecule has 0 radical (unpaired) electrons. The van der Waals surface area contributed by atoms with Crippen molar-refractivity contribution in [2.75, 3.05) is 43.5 Å². The molecule has 0 spiro atoms. The van der Waals surface area contributed by atoms with Crippen molar-refractivity contribution in [3.63, 3.8) is 0 Å². The van der Waals surface area contributed by atoms with Crippen molar-refractivity contribution in [3.05, 3.63) is 58.6 Å². The molecule has 142 valence electrons. The Hall–Kier alpha value is -2.73. The van der Waals surface area contributed by atoms with Crippen LogP contribution in [0.4, 0.5) is 16.2 Å². The van der Waals surface area contributed by atoms with Gasteiger partial charge in [0, 0.05) is 42.6 Å². The van der Waals surface area contributed by atoms with Gasteiger partial charge in [0.25, 0.3) is 0 Å². The van der Waals surface area contributed by atoms with E-state index in [9.17, 15) is 9.59 Å². The summed E-state index contributed by atoms with van der Waals surface area (Å²) in [5.41, 5.74) is 3.13. The molecular formula is C20H22ClN3O3. The van der Waals surface area contributed by atoms with Crippen LogP contribution in [0.3, 0.4) is 0 Å². The molecule has 2 aromatic carbocycles. The molecule has 2 aromatic rings. The minimum Gasteiger partial charge on any atom is -0.465 e. The van der Waals surface area contributed by atoms with Gasteiger partial charge in [-0.1, -0.05) is 17.7 Å². The number of nitrogens with zero attached hydrogens (tertiary/aromatic N) is 2. The van der Waals surface area contributed by atoms with E-state index in [2.05, 4.69) is 10.2 Å². The number of esters is 1. The number of hydrogen-bond acceptors (Lipinski definition) is 4. The third kappa shape index (κ3) is 4.34. The van der Waals surface area contributed by atoms with Crippen LogP contribution in [0.5, 0.6) is 0 Å². The Morgan fingerprint density at radius 3 is 2.33 bits per heavy atom. The zero-order valence-corrected chi connectivity index (χ0v) is 16.1. The maximum Gasteiger partial charge on any atom is 0.337 e. The summed E-state index contributed by atoms with van der Waals surface area (Å²) in [4.78, 5) is 28.0.